The van der Waals surface area contributed by atoms with Crippen LogP contribution in [0.1, 0.15) is 19.8 Å². The summed E-state index contributed by atoms with van der Waals surface area (Å²) in [5, 5.41) is 10.4. The molecule has 0 radical (unpaired) electrons. The fraction of sp³-hybridized carbons (Fsp3) is 0.0678. The number of aromatic nitrogens is 1. The van der Waals surface area contributed by atoms with Gasteiger partial charge < -0.3 is 9.80 Å². The molecule has 0 saturated heterocycles. The van der Waals surface area contributed by atoms with Gasteiger partial charge in [-0.1, -0.05) is 141 Å². The zero-order valence-corrected chi connectivity index (χ0v) is 34.8. The van der Waals surface area contributed by atoms with E-state index in [9.17, 15) is 0 Å². The Labute approximate surface area is 363 Å². The summed E-state index contributed by atoms with van der Waals surface area (Å²) in [6.45, 7) is 3.20. The number of unbranched alkanes of at least 4 members (excludes halogenated alkanes) is 1. The number of benzene rings is 10. The van der Waals surface area contributed by atoms with Crippen molar-refractivity contribution in [1.29, 1.82) is 0 Å². The fourth-order valence-corrected chi connectivity index (χ4v) is 9.53. The van der Waals surface area contributed by atoms with Crippen LogP contribution in [0.3, 0.4) is 0 Å². The van der Waals surface area contributed by atoms with Gasteiger partial charge in [0.15, 0.2) is 6.20 Å². The van der Waals surface area contributed by atoms with Gasteiger partial charge in [-0.25, -0.2) is 0 Å². The highest BCUT2D eigenvalue weighted by Gasteiger charge is 2.27. The van der Waals surface area contributed by atoms with Crippen LogP contribution in [0.4, 0.5) is 34.1 Å². The second kappa shape index (κ2) is 16.0. The molecular formula is C59H46N3+. The maximum Gasteiger partial charge on any atom is 0.221 e. The summed E-state index contributed by atoms with van der Waals surface area (Å²) >= 11 is 0. The first kappa shape index (κ1) is 37.3. The Balaban J connectivity index is 1.15. The molecule has 1 heterocycles. The molecule has 0 spiro atoms. The topological polar surface area (TPSA) is 10.4 Å². The molecule has 0 aliphatic rings. The van der Waals surface area contributed by atoms with Crippen molar-refractivity contribution in [3.63, 3.8) is 0 Å². The van der Waals surface area contributed by atoms with Gasteiger partial charge in [-0.15, -0.1) is 0 Å². The third-order valence-electron chi connectivity index (χ3n) is 12.4. The van der Waals surface area contributed by atoms with E-state index in [1.54, 1.807) is 0 Å². The van der Waals surface area contributed by atoms with Crippen LogP contribution in [-0.4, -0.2) is 0 Å². The van der Waals surface area contributed by atoms with E-state index in [0.717, 1.165) is 53.5 Å². The van der Waals surface area contributed by atoms with Crippen LogP contribution < -0.4 is 14.4 Å². The Bertz CT molecular complexity index is 3200. The minimum absolute atomic E-state index is 0.909. The minimum Gasteiger partial charge on any atom is -0.311 e. The molecule has 1 aromatic heterocycles. The molecule has 62 heavy (non-hydrogen) atoms. The summed E-state index contributed by atoms with van der Waals surface area (Å²) in [5.74, 6) is 0. The van der Waals surface area contributed by atoms with Crippen LogP contribution in [0.15, 0.2) is 225 Å². The van der Waals surface area contributed by atoms with Gasteiger partial charge in [-0.05, 0) is 129 Å². The molecule has 0 atom stereocenters. The van der Waals surface area contributed by atoms with Crippen LogP contribution in [0, 0.1) is 0 Å². The second-order valence-electron chi connectivity index (χ2n) is 16.2. The molecule has 0 bridgehead atoms. The molecule has 11 rings (SSSR count). The second-order valence-corrected chi connectivity index (χ2v) is 16.2. The summed E-state index contributed by atoms with van der Waals surface area (Å²) < 4.78 is 2.55. The summed E-state index contributed by atoms with van der Waals surface area (Å²) in [6.07, 6.45) is 4.62. The van der Waals surface area contributed by atoms with E-state index >= 15 is 0 Å². The maximum absolute atomic E-state index is 2.55. The van der Waals surface area contributed by atoms with E-state index in [1.807, 2.05) is 0 Å². The Morgan fingerprint density at radius 2 is 0.823 bits per heavy atom. The lowest BCUT2D eigenvalue weighted by molar-refractivity contribution is -0.684. The van der Waals surface area contributed by atoms with Gasteiger partial charge in [0.25, 0.3) is 0 Å². The summed E-state index contributed by atoms with van der Waals surface area (Å²) in [7, 11) is 0. The molecule has 0 amide bonds. The van der Waals surface area contributed by atoms with Gasteiger partial charge in [0, 0.05) is 51.5 Å². The average molecular weight is 797 g/mol. The third-order valence-corrected chi connectivity index (χ3v) is 12.4. The van der Waals surface area contributed by atoms with E-state index in [-0.39, 0.29) is 0 Å². The van der Waals surface area contributed by atoms with E-state index in [4.69, 9.17) is 0 Å². The van der Waals surface area contributed by atoms with Crippen molar-refractivity contribution in [1.82, 2.24) is 0 Å². The zero-order chi connectivity index (χ0) is 41.4. The predicted molar refractivity (Wildman–Crippen MR) is 263 cm³/mol. The van der Waals surface area contributed by atoms with E-state index < -0.39 is 0 Å². The molecule has 3 nitrogen and oxygen atoms in total. The molecule has 296 valence electrons. The zero-order valence-electron chi connectivity index (χ0n) is 34.8. The van der Waals surface area contributed by atoms with E-state index in [1.165, 1.54) is 65.5 Å². The predicted octanol–water partition coefficient (Wildman–Crippen LogP) is 16.1. The third kappa shape index (κ3) is 6.60. The van der Waals surface area contributed by atoms with Crippen LogP contribution in [0.2, 0.25) is 0 Å². The monoisotopic (exact) mass is 796 g/mol. The number of rotatable bonds is 11. The van der Waals surface area contributed by atoms with Crippen LogP contribution >= 0.6 is 0 Å². The molecule has 0 aliphatic carbocycles. The molecule has 11 aromatic rings. The molecule has 0 N–H and O–H groups in total. The van der Waals surface area contributed by atoms with Crippen molar-refractivity contribution >= 4 is 77.2 Å². The number of anilines is 6. The number of aryl methyl sites for hydroxylation is 1. The largest absolute Gasteiger partial charge is 0.311 e. The Kier molecular flexibility index (Phi) is 9.63. The first-order chi connectivity index (χ1) is 30.7. The fourth-order valence-electron chi connectivity index (χ4n) is 9.53. The number of hydrogen-bond donors (Lipinski definition) is 0. The molecule has 10 aromatic carbocycles. The highest BCUT2D eigenvalue weighted by atomic mass is 15.1. The molecule has 0 aliphatic heterocycles. The molecule has 0 unspecified atom stereocenters. The normalized spacial score (nSPS) is 11.5. The molecule has 0 saturated carbocycles. The maximum atomic E-state index is 2.55. The molecule has 0 fully saturated rings. The van der Waals surface area contributed by atoms with Crippen LogP contribution in [-0.2, 0) is 6.54 Å². The number of pyridine rings is 1. The van der Waals surface area contributed by atoms with Crippen molar-refractivity contribution < 1.29 is 4.57 Å². The summed E-state index contributed by atoms with van der Waals surface area (Å²) in [5.41, 5.74) is 11.6. The number of nitrogens with zero attached hydrogens (tertiary/aromatic N) is 3. The van der Waals surface area contributed by atoms with E-state index in [2.05, 4.69) is 246 Å². The Hall–Kier alpha value is -7.75. The minimum atomic E-state index is 0.909. The smallest absolute Gasteiger partial charge is 0.221 e. The lowest BCUT2D eigenvalue weighted by Gasteiger charge is -2.26. The first-order valence-corrected chi connectivity index (χ1v) is 21.8. The van der Waals surface area contributed by atoms with Gasteiger partial charge >= 0.3 is 0 Å². The SMILES string of the molecule is CCCC[n+]1cc2c(cc3ccc4cccc5ccc2c3c45)c(-c2ccc(N(c3ccccc3)c3ccccc3)cc2)c1-c1ccc(N(c2ccccc2)c2ccccc2)cc1. The van der Waals surface area contributed by atoms with Crippen molar-refractivity contribution in [3.05, 3.63) is 225 Å². The van der Waals surface area contributed by atoms with Gasteiger partial charge in [0.1, 0.15) is 6.54 Å². The van der Waals surface area contributed by atoms with Crippen molar-refractivity contribution in [2.75, 3.05) is 9.80 Å². The number of para-hydroxylation sites is 4. The Morgan fingerprint density at radius 1 is 0.371 bits per heavy atom. The van der Waals surface area contributed by atoms with Crippen molar-refractivity contribution in [2.24, 2.45) is 0 Å². The van der Waals surface area contributed by atoms with Gasteiger partial charge in [0.2, 0.25) is 5.69 Å². The number of hydrogen-bond acceptors (Lipinski definition) is 2. The van der Waals surface area contributed by atoms with Gasteiger partial charge in [-0.2, -0.15) is 4.57 Å². The average Bonchev–Trinajstić information content (AvgIpc) is 3.34. The Morgan fingerprint density at radius 3 is 1.32 bits per heavy atom. The van der Waals surface area contributed by atoms with Crippen LogP contribution in [0.25, 0.3) is 65.5 Å². The number of fused-ring (bicyclic) bond motifs is 2. The lowest BCUT2D eigenvalue weighted by Crippen LogP contribution is -2.36. The quantitative estimate of drug-likeness (QED) is 0.0733. The summed E-state index contributed by atoms with van der Waals surface area (Å²) in [4.78, 5) is 4.67. The van der Waals surface area contributed by atoms with Gasteiger partial charge in [-0.3, -0.25) is 0 Å². The highest BCUT2D eigenvalue weighted by molar-refractivity contribution is 6.30. The molecule has 3 heteroatoms. The lowest BCUT2D eigenvalue weighted by atomic mass is 9.87. The first-order valence-electron chi connectivity index (χ1n) is 21.8. The highest BCUT2D eigenvalue weighted by Crippen LogP contribution is 2.45. The summed E-state index contributed by atoms with van der Waals surface area (Å²) in [6, 6.07) is 79.5. The van der Waals surface area contributed by atoms with E-state index in [0.29, 0.717) is 0 Å². The van der Waals surface area contributed by atoms with Crippen LogP contribution in [0.5, 0.6) is 0 Å². The van der Waals surface area contributed by atoms with Crippen molar-refractivity contribution in [3.8, 4) is 22.4 Å². The molecular weight excluding hydrogens is 751 g/mol. The van der Waals surface area contributed by atoms with Gasteiger partial charge in [0.05, 0.1) is 10.9 Å². The standard InChI is InChI=1S/C59H46N3/c1-2-3-39-60-41-55-53-38-33-43-18-16-17-42-27-28-46(57(53)56(42)43)40-54(55)58(44-29-34-51(35-30-44)61(47-19-8-4-9-20-47)48-21-10-5-11-22-48)59(60)45-31-36-52(37-32-45)62(49-23-12-6-13-24-49)50-25-14-7-15-26-50/h4-38,40-41H,2-3,39H2,1H3/q+1. The van der Waals surface area contributed by atoms with Crippen molar-refractivity contribution in [2.45, 2.75) is 26.3 Å².